The Morgan fingerprint density at radius 1 is 1.35 bits per heavy atom. The van der Waals surface area contributed by atoms with E-state index in [0.29, 0.717) is 12.5 Å². The van der Waals surface area contributed by atoms with Crippen LogP contribution in [0.25, 0.3) is 0 Å². The number of carboxylic acids is 1. The van der Waals surface area contributed by atoms with Crippen molar-refractivity contribution in [2.24, 2.45) is 5.92 Å². The maximum atomic E-state index is 13.0. The van der Waals surface area contributed by atoms with E-state index in [-0.39, 0.29) is 23.8 Å². The third-order valence-electron chi connectivity index (χ3n) is 2.67. The normalized spacial score (nSPS) is 13.2. The lowest BCUT2D eigenvalue weighted by atomic mass is 10.1. The van der Waals surface area contributed by atoms with Gasteiger partial charge in [-0.1, -0.05) is 6.92 Å². The first kappa shape index (κ1) is 16.5. The Balaban J connectivity index is 2.65. The molecule has 8 heteroatoms. The quantitative estimate of drug-likeness (QED) is 0.804. The highest BCUT2D eigenvalue weighted by atomic mass is 32.2. The van der Waals surface area contributed by atoms with Crippen molar-refractivity contribution in [1.29, 1.82) is 0 Å². The molecule has 0 heterocycles. The van der Waals surface area contributed by atoms with Gasteiger partial charge >= 0.3 is 5.97 Å². The Morgan fingerprint density at radius 2 is 2.00 bits per heavy atom. The van der Waals surface area contributed by atoms with Crippen LogP contribution >= 0.6 is 0 Å². The van der Waals surface area contributed by atoms with Crippen molar-refractivity contribution in [1.82, 2.24) is 4.72 Å². The summed E-state index contributed by atoms with van der Waals surface area (Å²) in [6.45, 7) is 1.71. The average Bonchev–Trinajstić information content (AvgIpc) is 2.37. The molecule has 0 amide bonds. The van der Waals surface area contributed by atoms with Crippen LogP contribution in [0.4, 0.5) is 8.78 Å². The van der Waals surface area contributed by atoms with Crippen molar-refractivity contribution in [3.63, 3.8) is 0 Å². The number of hydrogen-bond acceptors (Lipinski definition) is 3. The molecule has 1 atom stereocenters. The van der Waals surface area contributed by atoms with Crippen LogP contribution in [0.15, 0.2) is 23.1 Å². The summed E-state index contributed by atoms with van der Waals surface area (Å²) >= 11 is 0. The van der Waals surface area contributed by atoms with E-state index in [4.69, 9.17) is 5.11 Å². The fourth-order valence-corrected chi connectivity index (χ4v) is 2.63. The Bertz CT molecular complexity index is 589. The van der Waals surface area contributed by atoms with E-state index in [0.717, 1.165) is 12.1 Å². The highest BCUT2D eigenvalue weighted by Gasteiger charge is 2.17. The van der Waals surface area contributed by atoms with E-state index < -0.39 is 27.6 Å². The second-order valence-electron chi connectivity index (χ2n) is 4.47. The summed E-state index contributed by atoms with van der Waals surface area (Å²) in [5.74, 6) is -3.52. The van der Waals surface area contributed by atoms with Gasteiger partial charge in [0.25, 0.3) is 0 Å². The minimum atomic E-state index is -3.94. The second-order valence-corrected chi connectivity index (χ2v) is 6.23. The van der Waals surface area contributed by atoms with Crippen LogP contribution < -0.4 is 4.72 Å². The van der Waals surface area contributed by atoms with Gasteiger partial charge in [0.15, 0.2) is 11.6 Å². The van der Waals surface area contributed by atoms with Crippen LogP contribution in [0.1, 0.15) is 19.8 Å². The first-order valence-electron chi connectivity index (χ1n) is 5.89. The molecular formula is C12H15F2NO4S. The third kappa shape index (κ3) is 4.86. The molecule has 0 aliphatic rings. The number of aliphatic carboxylic acids is 1. The van der Waals surface area contributed by atoms with Gasteiger partial charge in [-0.3, -0.25) is 4.79 Å². The van der Waals surface area contributed by atoms with Crippen molar-refractivity contribution in [3.8, 4) is 0 Å². The summed E-state index contributed by atoms with van der Waals surface area (Å²) in [5, 5.41) is 8.51. The molecule has 0 spiro atoms. The van der Waals surface area contributed by atoms with Crippen LogP contribution in [0.5, 0.6) is 0 Å². The zero-order valence-electron chi connectivity index (χ0n) is 10.8. The largest absolute Gasteiger partial charge is 0.481 e. The molecule has 2 N–H and O–H groups in total. The lowest BCUT2D eigenvalue weighted by molar-refractivity contribution is -0.137. The highest BCUT2D eigenvalue weighted by molar-refractivity contribution is 7.89. The van der Waals surface area contributed by atoms with E-state index in [1.807, 2.05) is 0 Å². The molecule has 1 unspecified atom stereocenters. The van der Waals surface area contributed by atoms with E-state index in [1.54, 1.807) is 6.92 Å². The van der Waals surface area contributed by atoms with Gasteiger partial charge in [0, 0.05) is 13.0 Å². The van der Waals surface area contributed by atoms with Gasteiger partial charge in [-0.05, 0) is 30.5 Å². The van der Waals surface area contributed by atoms with Gasteiger partial charge in [-0.25, -0.2) is 21.9 Å². The van der Waals surface area contributed by atoms with Crippen molar-refractivity contribution in [3.05, 3.63) is 29.8 Å². The minimum absolute atomic E-state index is 0.0224. The molecular weight excluding hydrogens is 292 g/mol. The van der Waals surface area contributed by atoms with Crippen molar-refractivity contribution in [2.45, 2.75) is 24.7 Å². The minimum Gasteiger partial charge on any atom is -0.481 e. The zero-order valence-corrected chi connectivity index (χ0v) is 11.6. The first-order chi connectivity index (χ1) is 9.22. The number of benzene rings is 1. The molecule has 112 valence electrons. The Labute approximate surface area is 115 Å². The molecule has 1 rings (SSSR count). The van der Waals surface area contributed by atoms with Crippen LogP contribution in [0.3, 0.4) is 0 Å². The predicted octanol–water partition coefficient (Wildman–Crippen LogP) is 1.74. The molecule has 0 fully saturated rings. The predicted molar refractivity (Wildman–Crippen MR) is 67.6 cm³/mol. The Hall–Kier alpha value is -1.54. The van der Waals surface area contributed by atoms with Gasteiger partial charge in [0.05, 0.1) is 4.90 Å². The number of sulfonamides is 1. The third-order valence-corrected chi connectivity index (χ3v) is 4.10. The molecule has 5 nitrogen and oxygen atoms in total. The van der Waals surface area contributed by atoms with E-state index >= 15 is 0 Å². The van der Waals surface area contributed by atoms with E-state index in [2.05, 4.69) is 4.72 Å². The summed E-state index contributed by atoms with van der Waals surface area (Å²) < 4.78 is 51.6. The highest BCUT2D eigenvalue weighted by Crippen LogP contribution is 2.14. The van der Waals surface area contributed by atoms with E-state index in [1.165, 1.54) is 0 Å². The van der Waals surface area contributed by atoms with Gasteiger partial charge in [-0.15, -0.1) is 0 Å². The second kappa shape index (κ2) is 6.76. The monoisotopic (exact) mass is 307 g/mol. The first-order valence-corrected chi connectivity index (χ1v) is 7.37. The van der Waals surface area contributed by atoms with Crippen LogP contribution in [0, 0.1) is 17.6 Å². The van der Waals surface area contributed by atoms with Crippen molar-refractivity contribution < 1.29 is 27.1 Å². The summed E-state index contributed by atoms with van der Waals surface area (Å²) in [4.78, 5) is 10.0. The molecule has 0 aromatic heterocycles. The van der Waals surface area contributed by atoms with Crippen LogP contribution in [-0.2, 0) is 14.8 Å². The topological polar surface area (TPSA) is 83.5 Å². The smallest absolute Gasteiger partial charge is 0.303 e. The molecule has 1 aromatic carbocycles. The molecule has 0 saturated carbocycles. The lowest BCUT2D eigenvalue weighted by Gasteiger charge is -2.12. The molecule has 0 radical (unpaired) electrons. The number of carbonyl (C=O) groups is 1. The SMILES string of the molecule is CC(CCC(=O)O)CNS(=O)(=O)c1ccc(F)c(F)c1. The van der Waals surface area contributed by atoms with Gasteiger partial charge in [-0.2, -0.15) is 0 Å². The Kier molecular flexibility index (Phi) is 5.58. The summed E-state index contributed by atoms with van der Waals surface area (Å²) in [5.41, 5.74) is 0. The standard InChI is InChI=1S/C12H15F2NO4S/c1-8(2-5-12(16)17)7-15-20(18,19)9-3-4-10(13)11(14)6-9/h3-4,6,8,15H,2,5,7H2,1H3,(H,16,17). The summed E-state index contributed by atoms with van der Waals surface area (Å²) in [6.07, 6.45) is 0.254. The van der Waals surface area contributed by atoms with Crippen molar-refractivity contribution >= 4 is 16.0 Å². The van der Waals surface area contributed by atoms with Crippen LogP contribution in [0.2, 0.25) is 0 Å². The Morgan fingerprint density at radius 3 is 2.55 bits per heavy atom. The number of rotatable bonds is 7. The number of halogens is 2. The molecule has 0 saturated heterocycles. The van der Waals surface area contributed by atoms with Gasteiger partial charge < -0.3 is 5.11 Å². The zero-order chi connectivity index (χ0) is 15.3. The molecule has 0 bridgehead atoms. The number of hydrogen-bond donors (Lipinski definition) is 2. The molecule has 0 aliphatic heterocycles. The fourth-order valence-electron chi connectivity index (χ4n) is 1.45. The summed E-state index contributed by atoms with van der Waals surface area (Å²) in [7, 11) is -3.94. The van der Waals surface area contributed by atoms with E-state index in [9.17, 15) is 22.0 Å². The fraction of sp³-hybridized carbons (Fsp3) is 0.417. The molecule has 1 aromatic rings. The van der Waals surface area contributed by atoms with Gasteiger partial charge in [0.1, 0.15) is 0 Å². The lowest BCUT2D eigenvalue weighted by Crippen LogP contribution is -2.28. The molecule has 0 aliphatic carbocycles. The van der Waals surface area contributed by atoms with Crippen LogP contribution in [-0.4, -0.2) is 26.0 Å². The maximum absolute atomic E-state index is 13.0. The average molecular weight is 307 g/mol. The summed E-state index contributed by atoms with van der Waals surface area (Å²) in [6, 6.07) is 2.29. The number of carboxylic acid groups (broad SMARTS) is 1. The van der Waals surface area contributed by atoms with Gasteiger partial charge in [0.2, 0.25) is 10.0 Å². The molecule has 20 heavy (non-hydrogen) atoms. The maximum Gasteiger partial charge on any atom is 0.303 e. The van der Waals surface area contributed by atoms with Crippen molar-refractivity contribution in [2.75, 3.05) is 6.54 Å². The number of nitrogens with one attached hydrogen (secondary N) is 1.